The minimum atomic E-state index is 0.103. The van der Waals surface area contributed by atoms with Crippen molar-refractivity contribution in [2.75, 3.05) is 51.7 Å². The molecule has 1 saturated heterocycles. The van der Waals surface area contributed by atoms with Crippen LogP contribution in [-0.4, -0.2) is 73.5 Å². The van der Waals surface area contributed by atoms with Gasteiger partial charge in [-0.3, -0.25) is 9.79 Å². The molecule has 0 unspecified atom stereocenters. The first kappa shape index (κ1) is 20.1. The van der Waals surface area contributed by atoms with Crippen molar-refractivity contribution in [2.45, 2.75) is 13.5 Å². The van der Waals surface area contributed by atoms with Crippen molar-refractivity contribution in [1.29, 1.82) is 0 Å². The minimum Gasteiger partial charge on any atom is -0.368 e. The summed E-state index contributed by atoms with van der Waals surface area (Å²) < 4.78 is 0. The van der Waals surface area contributed by atoms with E-state index in [-0.39, 0.29) is 12.5 Å². The lowest BCUT2D eigenvalue weighted by atomic mass is 10.2. The number of carbonyl (C=O) groups is 1. The molecule has 1 aromatic carbocycles. The van der Waals surface area contributed by atoms with Crippen LogP contribution in [0.25, 0.3) is 0 Å². The van der Waals surface area contributed by atoms with Crippen molar-refractivity contribution in [3.63, 3.8) is 0 Å². The Kier molecular flexibility index (Phi) is 6.86. The number of aromatic nitrogens is 1. The van der Waals surface area contributed by atoms with Gasteiger partial charge in [0.15, 0.2) is 5.96 Å². The summed E-state index contributed by atoms with van der Waals surface area (Å²) >= 11 is 1.64. The Bertz CT molecular complexity index is 798. The van der Waals surface area contributed by atoms with Crippen LogP contribution in [0.5, 0.6) is 0 Å². The summed E-state index contributed by atoms with van der Waals surface area (Å²) in [5.41, 5.74) is 2.23. The van der Waals surface area contributed by atoms with E-state index in [1.807, 2.05) is 42.0 Å². The van der Waals surface area contributed by atoms with Gasteiger partial charge < -0.3 is 20.0 Å². The van der Waals surface area contributed by atoms with Crippen molar-refractivity contribution in [2.24, 2.45) is 4.99 Å². The molecule has 1 amide bonds. The number of rotatable bonds is 5. The Labute approximate surface area is 170 Å². The second-order valence-corrected chi connectivity index (χ2v) is 7.88. The summed E-state index contributed by atoms with van der Waals surface area (Å²) in [4.78, 5) is 27.6. The van der Waals surface area contributed by atoms with Gasteiger partial charge in [-0.1, -0.05) is 18.2 Å². The fraction of sp³-hybridized carbons (Fsp3) is 0.450. The number of benzene rings is 1. The van der Waals surface area contributed by atoms with Crippen molar-refractivity contribution >= 4 is 28.9 Å². The molecule has 2 aromatic rings. The number of aryl methyl sites for hydroxylation is 1. The quantitative estimate of drug-likeness (QED) is 0.613. The maximum atomic E-state index is 12.6. The Hall–Kier alpha value is -2.61. The molecule has 2 heterocycles. The molecule has 8 heteroatoms. The summed E-state index contributed by atoms with van der Waals surface area (Å²) in [6, 6.07) is 10.3. The van der Waals surface area contributed by atoms with Crippen LogP contribution in [-0.2, 0) is 11.3 Å². The number of guanidine groups is 1. The number of hydrogen-bond acceptors (Lipinski definition) is 5. The third-order valence-corrected chi connectivity index (χ3v) is 5.61. The van der Waals surface area contributed by atoms with Gasteiger partial charge >= 0.3 is 0 Å². The molecular formula is C20H28N6OS. The SMILES string of the molecule is CN=C(NCC(=O)N1CCN(c2ccccc2)CC1)N(C)Cc1csc(C)n1. The smallest absolute Gasteiger partial charge is 0.242 e. The summed E-state index contributed by atoms with van der Waals surface area (Å²) in [6.07, 6.45) is 0. The molecule has 0 saturated carbocycles. The molecule has 0 aliphatic carbocycles. The summed E-state index contributed by atoms with van der Waals surface area (Å²) in [6.45, 7) is 6.09. The number of nitrogens with zero attached hydrogens (tertiary/aromatic N) is 5. The van der Waals surface area contributed by atoms with E-state index in [4.69, 9.17) is 0 Å². The molecule has 0 atom stereocenters. The molecule has 0 bridgehead atoms. The molecule has 1 aliphatic heterocycles. The molecule has 3 rings (SSSR count). The van der Waals surface area contributed by atoms with Crippen LogP contribution in [0.4, 0.5) is 5.69 Å². The van der Waals surface area contributed by atoms with Crippen molar-refractivity contribution in [1.82, 2.24) is 20.1 Å². The Morgan fingerprint density at radius 2 is 1.96 bits per heavy atom. The lowest BCUT2D eigenvalue weighted by Gasteiger charge is -2.36. The zero-order chi connectivity index (χ0) is 19.9. The first-order chi connectivity index (χ1) is 13.6. The normalized spacial score (nSPS) is 14.9. The highest BCUT2D eigenvalue weighted by molar-refractivity contribution is 7.09. The molecule has 1 fully saturated rings. The highest BCUT2D eigenvalue weighted by Crippen LogP contribution is 2.15. The molecule has 28 heavy (non-hydrogen) atoms. The van der Waals surface area contributed by atoms with E-state index in [9.17, 15) is 4.79 Å². The predicted octanol–water partition coefficient (Wildman–Crippen LogP) is 1.81. The minimum absolute atomic E-state index is 0.103. The monoisotopic (exact) mass is 400 g/mol. The van der Waals surface area contributed by atoms with Crippen LogP contribution in [0.15, 0.2) is 40.7 Å². The van der Waals surface area contributed by atoms with Gasteiger partial charge in [0.2, 0.25) is 5.91 Å². The van der Waals surface area contributed by atoms with Gasteiger partial charge in [-0.2, -0.15) is 0 Å². The third kappa shape index (κ3) is 5.22. The fourth-order valence-electron chi connectivity index (χ4n) is 3.30. The molecule has 0 radical (unpaired) electrons. The van der Waals surface area contributed by atoms with E-state index in [1.165, 1.54) is 5.69 Å². The molecule has 1 N–H and O–H groups in total. The van der Waals surface area contributed by atoms with Gasteiger partial charge in [-0.15, -0.1) is 11.3 Å². The van der Waals surface area contributed by atoms with E-state index in [1.54, 1.807) is 18.4 Å². The first-order valence-electron chi connectivity index (χ1n) is 9.47. The largest absolute Gasteiger partial charge is 0.368 e. The molecule has 7 nitrogen and oxygen atoms in total. The van der Waals surface area contributed by atoms with Gasteiger partial charge in [0.25, 0.3) is 0 Å². The Balaban J connectivity index is 1.45. The van der Waals surface area contributed by atoms with Crippen LogP contribution in [0, 0.1) is 6.92 Å². The summed E-state index contributed by atoms with van der Waals surface area (Å²) in [5, 5.41) is 6.29. The maximum absolute atomic E-state index is 12.6. The Morgan fingerprint density at radius 1 is 1.25 bits per heavy atom. The van der Waals surface area contributed by atoms with Gasteiger partial charge in [-0.05, 0) is 19.1 Å². The second-order valence-electron chi connectivity index (χ2n) is 6.82. The standard InChI is InChI=1S/C20H28N6OS/c1-16-23-17(15-28-16)14-24(3)20(21-2)22-13-19(27)26-11-9-25(10-12-26)18-7-5-4-6-8-18/h4-8,15H,9-14H2,1-3H3,(H,21,22). The van der Waals surface area contributed by atoms with Gasteiger partial charge in [0.05, 0.1) is 23.8 Å². The topological polar surface area (TPSA) is 64.1 Å². The number of aliphatic imine (C=N–C) groups is 1. The van der Waals surface area contributed by atoms with Crippen LogP contribution in [0.3, 0.4) is 0 Å². The number of amides is 1. The zero-order valence-corrected chi connectivity index (χ0v) is 17.6. The number of anilines is 1. The van der Waals surface area contributed by atoms with Crippen LogP contribution < -0.4 is 10.2 Å². The van der Waals surface area contributed by atoms with Gasteiger partial charge in [0, 0.05) is 51.3 Å². The highest BCUT2D eigenvalue weighted by atomic mass is 32.1. The highest BCUT2D eigenvalue weighted by Gasteiger charge is 2.21. The van der Waals surface area contributed by atoms with Crippen molar-refractivity contribution in [3.05, 3.63) is 46.4 Å². The maximum Gasteiger partial charge on any atom is 0.242 e. The molecule has 150 valence electrons. The van der Waals surface area contributed by atoms with E-state index in [2.05, 4.69) is 37.7 Å². The average molecular weight is 401 g/mol. The van der Waals surface area contributed by atoms with Crippen molar-refractivity contribution in [3.8, 4) is 0 Å². The van der Waals surface area contributed by atoms with E-state index in [0.717, 1.165) is 36.9 Å². The lowest BCUT2D eigenvalue weighted by molar-refractivity contribution is -0.130. The third-order valence-electron chi connectivity index (χ3n) is 4.79. The molecule has 0 spiro atoms. The Morgan fingerprint density at radius 3 is 2.57 bits per heavy atom. The lowest BCUT2D eigenvalue weighted by Crippen LogP contribution is -2.52. The number of hydrogen-bond donors (Lipinski definition) is 1. The second kappa shape index (κ2) is 9.54. The van der Waals surface area contributed by atoms with Crippen LogP contribution in [0.1, 0.15) is 10.7 Å². The van der Waals surface area contributed by atoms with Crippen molar-refractivity contribution < 1.29 is 4.79 Å². The van der Waals surface area contributed by atoms with Crippen LogP contribution >= 0.6 is 11.3 Å². The number of nitrogens with one attached hydrogen (secondary N) is 1. The number of para-hydroxylation sites is 1. The fourth-order valence-corrected chi connectivity index (χ4v) is 3.91. The van der Waals surface area contributed by atoms with E-state index < -0.39 is 0 Å². The average Bonchev–Trinajstić information content (AvgIpc) is 3.13. The van der Waals surface area contributed by atoms with E-state index in [0.29, 0.717) is 12.5 Å². The number of piperazine rings is 1. The molecular weight excluding hydrogens is 372 g/mol. The summed E-state index contributed by atoms with van der Waals surface area (Å²) in [7, 11) is 3.68. The van der Waals surface area contributed by atoms with Crippen LogP contribution in [0.2, 0.25) is 0 Å². The zero-order valence-electron chi connectivity index (χ0n) is 16.8. The van der Waals surface area contributed by atoms with Gasteiger partial charge in [0.1, 0.15) is 0 Å². The molecule has 1 aromatic heterocycles. The number of carbonyl (C=O) groups excluding carboxylic acids is 1. The number of thiazole rings is 1. The molecule has 1 aliphatic rings. The van der Waals surface area contributed by atoms with E-state index >= 15 is 0 Å². The first-order valence-corrected chi connectivity index (χ1v) is 10.4. The summed E-state index contributed by atoms with van der Waals surface area (Å²) in [5.74, 6) is 0.800. The van der Waals surface area contributed by atoms with Gasteiger partial charge in [-0.25, -0.2) is 4.98 Å². The predicted molar refractivity (Wildman–Crippen MR) is 115 cm³/mol.